The first-order valence-corrected chi connectivity index (χ1v) is 5.69. The van der Waals surface area contributed by atoms with Gasteiger partial charge in [-0.15, -0.1) is 0 Å². The predicted molar refractivity (Wildman–Crippen MR) is 63.0 cm³/mol. The third kappa shape index (κ3) is 3.25. The topological polar surface area (TPSA) is 55.4 Å². The van der Waals surface area contributed by atoms with E-state index in [4.69, 9.17) is 0 Å². The Morgan fingerprint density at radius 1 is 1.33 bits per heavy atom. The minimum Gasteiger partial charge on any atom is -0.467 e. The average molecular weight is 322 g/mol. The number of nitrogens with one attached hydrogen (secondary N) is 1. The highest BCUT2D eigenvalue weighted by atomic mass is 79.9. The zero-order chi connectivity index (χ0) is 13.9. The highest BCUT2D eigenvalue weighted by Gasteiger charge is 2.22. The molecule has 0 aliphatic heterocycles. The van der Waals surface area contributed by atoms with Gasteiger partial charge in [0, 0.05) is 4.47 Å². The number of carbonyl (C=O) groups is 2. The quantitative estimate of drug-likeness (QED) is 0.866. The van der Waals surface area contributed by atoms with Crippen LogP contribution in [0.1, 0.15) is 17.3 Å². The molecule has 0 bridgehead atoms. The van der Waals surface area contributed by atoms with Crippen molar-refractivity contribution in [3.05, 3.63) is 33.8 Å². The molecule has 98 valence electrons. The second-order valence-electron chi connectivity index (χ2n) is 3.46. The number of hydrogen-bond donors (Lipinski definition) is 1. The molecule has 1 rings (SSSR count). The molecule has 4 nitrogen and oxygen atoms in total. The molecule has 0 aliphatic carbocycles. The van der Waals surface area contributed by atoms with E-state index in [1.807, 2.05) is 0 Å². The van der Waals surface area contributed by atoms with Gasteiger partial charge in [0.25, 0.3) is 5.91 Å². The fraction of sp³-hybridized carbons (Fsp3) is 0.273. The van der Waals surface area contributed by atoms with Crippen LogP contribution in [0.15, 0.2) is 16.6 Å². The van der Waals surface area contributed by atoms with Crippen LogP contribution < -0.4 is 5.32 Å². The number of amides is 1. The zero-order valence-corrected chi connectivity index (χ0v) is 11.2. The lowest BCUT2D eigenvalue weighted by Crippen LogP contribution is -2.39. The molecule has 1 amide bonds. The van der Waals surface area contributed by atoms with Crippen molar-refractivity contribution in [2.24, 2.45) is 0 Å². The maximum atomic E-state index is 13.4. The molecule has 0 aliphatic rings. The summed E-state index contributed by atoms with van der Waals surface area (Å²) in [6.45, 7) is 1.35. The molecule has 18 heavy (non-hydrogen) atoms. The van der Waals surface area contributed by atoms with Gasteiger partial charge in [-0.05, 0) is 19.1 Å². The van der Waals surface area contributed by atoms with Crippen LogP contribution in [0.2, 0.25) is 0 Å². The molecule has 0 spiro atoms. The van der Waals surface area contributed by atoms with Crippen molar-refractivity contribution in [3.63, 3.8) is 0 Å². The average Bonchev–Trinajstić information content (AvgIpc) is 2.26. The molecule has 0 fully saturated rings. The molecule has 0 aromatic heterocycles. The lowest BCUT2D eigenvalue weighted by Gasteiger charge is -2.12. The fourth-order valence-electron chi connectivity index (χ4n) is 1.26. The van der Waals surface area contributed by atoms with Crippen LogP contribution in [0.25, 0.3) is 0 Å². The lowest BCUT2D eigenvalue weighted by atomic mass is 10.1. The van der Waals surface area contributed by atoms with E-state index in [1.54, 1.807) is 0 Å². The van der Waals surface area contributed by atoms with Crippen molar-refractivity contribution in [1.82, 2.24) is 5.32 Å². The third-order valence-electron chi connectivity index (χ3n) is 2.14. The molecular weight excluding hydrogens is 312 g/mol. The van der Waals surface area contributed by atoms with Gasteiger partial charge in [0.1, 0.15) is 23.2 Å². The molecule has 0 heterocycles. The van der Waals surface area contributed by atoms with E-state index in [-0.39, 0.29) is 4.47 Å². The summed E-state index contributed by atoms with van der Waals surface area (Å²) in [5.41, 5.74) is -0.742. The van der Waals surface area contributed by atoms with Crippen molar-refractivity contribution < 1.29 is 23.1 Å². The molecule has 0 unspecified atom stereocenters. The van der Waals surface area contributed by atoms with Crippen molar-refractivity contribution in [2.45, 2.75) is 13.0 Å². The maximum Gasteiger partial charge on any atom is 0.328 e. The SMILES string of the molecule is COC(=O)[C@H](C)NC(=O)c1c(F)cc(Br)cc1F. The van der Waals surface area contributed by atoms with Crippen LogP contribution in [0.3, 0.4) is 0 Å². The minimum atomic E-state index is -1.02. The Morgan fingerprint density at radius 3 is 2.28 bits per heavy atom. The van der Waals surface area contributed by atoms with Crippen LogP contribution in [0, 0.1) is 11.6 Å². The van der Waals surface area contributed by atoms with Gasteiger partial charge >= 0.3 is 5.97 Å². The van der Waals surface area contributed by atoms with Crippen molar-refractivity contribution in [3.8, 4) is 0 Å². The van der Waals surface area contributed by atoms with Gasteiger partial charge in [-0.25, -0.2) is 13.6 Å². The van der Waals surface area contributed by atoms with Crippen molar-refractivity contribution in [2.75, 3.05) is 7.11 Å². The summed E-state index contributed by atoms with van der Waals surface area (Å²) in [5.74, 6) is -3.76. The Kier molecular flexibility index (Phi) is 4.77. The number of hydrogen-bond acceptors (Lipinski definition) is 3. The normalized spacial score (nSPS) is 11.8. The third-order valence-corrected chi connectivity index (χ3v) is 2.59. The van der Waals surface area contributed by atoms with Crippen LogP contribution in [0.5, 0.6) is 0 Å². The smallest absolute Gasteiger partial charge is 0.328 e. The minimum absolute atomic E-state index is 0.176. The van der Waals surface area contributed by atoms with E-state index < -0.39 is 35.1 Å². The van der Waals surface area contributed by atoms with Crippen LogP contribution in [-0.4, -0.2) is 25.0 Å². The molecule has 1 atom stereocenters. The molecule has 1 aromatic rings. The van der Waals surface area contributed by atoms with Crippen molar-refractivity contribution in [1.29, 1.82) is 0 Å². The van der Waals surface area contributed by atoms with Gasteiger partial charge < -0.3 is 10.1 Å². The first-order chi connectivity index (χ1) is 8.36. The number of carbonyl (C=O) groups excluding carboxylic acids is 2. The summed E-state index contributed by atoms with van der Waals surface area (Å²) in [6.07, 6.45) is 0. The molecule has 1 aromatic carbocycles. The monoisotopic (exact) mass is 321 g/mol. The number of methoxy groups -OCH3 is 1. The van der Waals surface area contributed by atoms with Crippen LogP contribution >= 0.6 is 15.9 Å². The van der Waals surface area contributed by atoms with E-state index in [0.717, 1.165) is 19.2 Å². The summed E-state index contributed by atoms with van der Waals surface area (Å²) in [4.78, 5) is 22.7. The van der Waals surface area contributed by atoms with Crippen LogP contribution in [-0.2, 0) is 9.53 Å². The van der Waals surface area contributed by atoms with Gasteiger partial charge in [0.05, 0.1) is 7.11 Å². The number of esters is 1. The Morgan fingerprint density at radius 2 is 1.83 bits per heavy atom. The summed E-state index contributed by atoms with van der Waals surface area (Å²) >= 11 is 2.90. The summed E-state index contributed by atoms with van der Waals surface area (Å²) in [5, 5.41) is 2.14. The van der Waals surface area contributed by atoms with E-state index in [9.17, 15) is 18.4 Å². The number of ether oxygens (including phenoxy) is 1. The summed E-state index contributed by atoms with van der Waals surface area (Å²) < 4.78 is 31.5. The standard InChI is InChI=1S/C11H10BrF2NO3/c1-5(11(17)18-2)15-10(16)9-7(13)3-6(12)4-8(9)14/h3-5H,1-2H3,(H,15,16)/t5-/m0/s1. The highest BCUT2D eigenvalue weighted by Crippen LogP contribution is 2.19. The summed E-state index contributed by atoms with van der Waals surface area (Å²) in [6, 6.07) is 0.923. The first-order valence-electron chi connectivity index (χ1n) is 4.90. The first kappa shape index (κ1) is 14.6. The van der Waals surface area contributed by atoms with E-state index in [2.05, 4.69) is 26.0 Å². The fourth-order valence-corrected chi connectivity index (χ4v) is 1.67. The maximum absolute atomic E-state index is 13.4. The Balaban J connectivity index is 2.95. The Hall–Kier alpha value is -1.50. The number of benzene rings is 1. The zero-order valence-electron chi connectivity index (χ0n) is 9.59. The molecule has 7 heteroatoms. The van der Waals surface area contributed by atoms with Crippen LogP contribution in [0.4, 0.5) is 8.78 Å². The lowest BCUT2D eigenvalue weighted by molar-refractivity contribution is -0.142. The molecule has 1 N–H and O–H groups in total. The molecule has 0 saturated heterocycles. The van der Waals surface area contributed by atoms with E-state index >= 15 is 0 Å². The van der Waals surface area contributed by atoms with E-state index in [1.165, 1.54) is 6.92 Å². The highest BCUT2D eigenvalue weighted by molar-refractivity contribution is 9.10. The largest absolute Gasteiger partial charge is 0.467 e. The van der Waals surface area contributed by atoms with Gasteiger partial charge in [0.15, 0.2) is 0 Å². The van der Waals surface area contributed by atoms with Gasteiger partial charge in [-0.3, -0.25) is 4.79 Å². The van der Waals surface area contributed by atoms with Gasteiger partial charge in [0.2, 0.25) is 0 Å². The van der Waals surface area contributed by atoms with E-state index in [0.29, 0.717) is 0 Å². The number of rotatable bonds is 3. The predicted octanol–water partition coefficient (Wildman–Crippen LogP) is 2.02. The summed E-state index contributed by atoms with van der Waals surface area (Å²) in [7, 11) is 1.14. The second kappa shape index (κ2) is 5.90. The van der Waals surface area contributed by atoms with Gasteiger partial charge in [-0.2, -0.15) is 0 Å². The molecule has 0 radical (unpaired) electrons. The Bertz CT molecular complexity index is 470. The Labute approximate surface area is 110 Å². The molecule has 0 saturated carbocycles. The number of halogens is 3. The van der Waals surface area contributed by atoms with Gasteiger partial charge in [-0.1, -0.05) is 15.9 Å². The van der Waals surface area contributed by atoms with Crippen molar-refractivity contribution >= 4 is 27.8 Å². The second-order valence-corrected chi connectivity index (χ2v) is 4.38. The molecular formula is C11H10BrF2NO3.